The van der Waals surface area contributed by atoms with Gasteiger partial charge in [-0.05, 0) is 42.5 Å². The average Bonchev–Trinajstić information content (AvgIpc) is 3.00. The van der Waals surface area contributed by atoms with Crippen molar-refractivity contribution in [1.82, 2.24) is 4.98 Å². The quantitative estimate of drug-likeness (QED) is 0.729. The first-order valence-corrected chi connectivity index (χ1v) is 7.39. The minimum Gasteiger partial charge on any atom is -0.507 e. The van der Waals surface area contributed by atoms with Crippen molar-refractivity contribution in [2.45, 2.75) is 0 Å². The highest BCUT2D eigenvalue weighted by Gasteiger charge is 2.16. The fourth-order valence-corrected chi connectivity index (χ4v) is 3.04. The van der Waals surface area contributed by atoms with E-state index < -0.39 is 0 Å². The molecule has 0 bridgehead atoms. The van der Waals surface area contributed by atoms with Crippen LogP contribution in [0.4, 0.5) is 0 Å². The number of benzene rings is 1. The molecule has 0 aliphatic heterocycles. The lowest BCUT2D eigenvalue weighted by molar-refractivity contribution is 0.104. The van der Waals surface area contributed by atoms with E-state index in [0.717, 1.165) is 10.6 Å². The SMILES string of the molecule is O=C(c1ccc(-c2ccccn2)s1)c1cc(Cl)ccc1O. The second-order valence-corrected chi connectivity index (χ2v) is 5.89. The Morgan fingerprint density at radius 1 is 1.14 bits per heavy atom. The van der Waals surface area contributed by atoms with Crippen molar-refractivity contribution in [3.63, 3.8) is 0 Å². The average molecular weight is 316 g/mol. The molecule has 3 aromatic rings. The second-order valence-electron chi connectivity index (χ2n) is 4.37. The standard InChI is InChI=1S/C16H10ClNO2S/c17-10-4-5-13(19)11(9-10)16(20)15-7-6-14(21-15)12-3-1-2-8-18-12/h1-9,19H. The van der Waals surface area contributed by atoms with Gasteiger partial charge in [0.25, 0.3) is 0 Å². The molecular formula is C16H10ClNO2S. The Balaban J connectivity index is 1.96. The van der Waals surface area contributed by atoms with Gasteiger partial charge < -0.3 is 5.11 Å². The van der Waals surface area contributed by atoms with E-state index in [2.05, 4.69) is 4.98 Å². The van der Waals surface area contributed by atoms with Crippen molar-refractivity contribution >= 4 is 28.7 Å². The normalized spacial score (nSPS) is 10.5. The van der Waals surface area contributed by atoms with Gasteiger partial charge in [-0.25, -0.2) is 0 Å². The highest BCUT2D eigenvalue weighted by Crippen LogP contribution is 2.30. The molecule has 3 rings (SSSR count). The topological polar surface area (TPSA) is 50.2 Å². The first kappa shape index (κ1) is 13.8. The van der Waals surface area contributed by atoms with E-state index >= 15 is 0 Å². The van der Waals surface area contributed by atoms with Gasteiger partial charge in [-0.3, -0.25) is 9.78 Å². The highest BCUT2D eigenvalue weighted by molar-refractivity contribution is 7.17. The number of nitrogens with zero attached hydrogens (tertiary/aromatic N) is 1. The molecule has 0 fully saturated rings. The third kappa shape index (κ3) is 2.82. The van der Waals surface area contributed by atoms with Crippen molar-refractivity contribution in [2.75, 3.05) is 0 Å². The number of phenols is 1. The van der Waals surface area contributed by atoms with Gasteiger partial charge in [0, 0.05) is 11.2 Å². The van der Waals surface area contributed by atoms with E-state index in [-0.39, 0.29) is 17.1 Å². The summed E-state index contributed by atoms with van der Waals surface area (Å²) in [5.74, 6) is -0.320. The number of carbonyl (C=O) groups excluding carboxylic acids is 1. The van der Waals surface area contributed by atoms with Crippen LogP contribution < -0.4 is 0 Å². The zero-order valence-corrected chi connectivity index (χ0v) is 12.4. The smallest absolute Gasteiger partial charge is 0.206 e. The lowest BCUT2D eigenvalue weighted by atomic mass is 10.1. The van der Waals surface area contributed by atoms with E-state index in [1.54, 1.807) is 18.3 Å². The maximum atomic E-state index is 12.4. The lowest BCUT2D eigenvalue weighted by Gasteiger charge is -2.02. The number of carbonyl (C=O) groups is 1. The zero-order valence-electron chi connectivity index (χ0n) is 10.8. The molecule has 104 valence electrons. The predicted molar refractivity (Wildman–Crippen MR) is 84.1 cm³/mol. The molecule has 2 heterocycles. The number of phenolic OH excluding ortho intramolecular Hbond substituents is 1. The first-order valence-electron chi connectivity index (χ1n) is 6.19. The first-order chi connectivity index (χ1) is 10.1. The molecule has 0 aliphatic carbocycles. The Hall–Kier alpha value is -2.17. The number of halogens is 1. The number of ketones is 1. The summed E-state index contributed by atoms with van der Waals surface area (Å²) in [5, 5.41) is 10.2. The third-order valence-corrected chi connectivity index (χ3v) is 4.29. The Bertz CT molecular complexity index is 799. The highest BCUT2D eigenvalue weighted by atomic mass is 35.5. The molecule has 0 unspecified atom stereocenters. The molecule has 5 heteroatoms. The summed E-state index contributed by atoms with van der Waals surface area (Å²) < 4.78 is 0. The third-order valence-electron chi connectivity index (χ3n) is 2.95. The maximum absolute atomic E-state index is 12.4. The summed E-state index contributed by atoms with van der Waals surface area (Å²) in [4.78, 5) is 18.1. The van der Waals surface area contributed by atoms with Crippen molar-refractivity contribution in [2.24, 2.45) is 0 Å². The number of pyridine rings is 1. The molecule has 0 spiro atoms. The number of rotatable bonds is 3. The van der Waals surface area contributed by atoms with Crippen LogP contribution in [-0.2, 0) is 0 Å². The van der Waals surface area contributed by atoms with E-state index in [0.29, 0.717) is 9.90 Å². The summed E-state index contributed by atoms with van der Waals surface area (Å²) >= 11 is 7.22. The van der Waals surface area contributed by atoms with Crippen molar-refractivity contribution in [3.05, 3.63) is 70.2 Å². The van der Waals surface area contributed by atoms with Gasteiger partial charge in [0.05, 0.1) is 21.0 Å². The Morgan fingerprint density at radius 2 is 2.00 bits per heavy atom. The molecule has 0 atom stereocenters. The van der Waals surface area contributed by atoms with Crippen LogP contribution in [0.1, 0.15) is 15.2 Å². The molecule has 3 nitrogen and oxygen atoms in total. The Kier molecular flexibility index (Phi) is 3.73. The maximum Gasteiger partial charge on any atom is 0.206 e. The summed E-state index contributed by atoms with van der Waals surface area (Å²) in [7, 11) is 0. The fourth-order valence-electron chi connectivity index (χ4n) is 1.93. The van der Waals surface area contributed by atoms with Gasteiger partial charge in [-0.2, -0.15) is 0 Å². The molecule has 2 aromatic heterocycles. The fraction of sp³-hybridized carbons (Fsp3) is 0. The molecule has 21 heavy (non-hydrogen) atoms. The molecule has 0 radical (unpaired) electrons. The minimum atomic E-state index is -0.248. The Morgan fingerprint density at radius 3 is 2.76 bits per heavy atom. The van der Waals surface area contributed by atoms with Crippen LogP contribution in [0.2, 0.25) is 5.02 Å². The lowest BCUT2D eigenvalue weighted by Crippen LogP contribution is -1.98. The van der Waals surface area contributed by atoms with E-state index in [1.165, 1.54) is 23.5 Å². The van der Waals surface area contributed by atoms with Crippen LogP contribution in [0, 0.1) is 0 Å². The van der Waals surface area contributed by atoms with Gasteiger partial charge in [0.15, 0.2) is 0 Å². The molecule has 0 saturated carbocycles. The molecule has 0 saturated heterocycles. The Labute approximate surface area is 130 Å². The van der Waals surface area contributed by atoms with Crippen LogP contribution >= 0.6 is 22.9 Å². The van der Waals surface area contributed by atoms with Crippen LogP contribution in [0.15, 0.2) is 54.7 Å². The van der Waals surface area contributed by atoms with Crippen molar-refractivity contribution in [1.29, 1.82) is 0 Å². The number of hydrogen-bond donors (Lipinski definition) is 1. The van der Waals surface area contributed by atoms with Gasteiger partial charge in [-0.15, -0.1) is 11.3 Å². The largest absolute Gasteiger partial charge is 0.507 e. The summed E-state index contributed by atoms with van der Waals surface area (Å²) in [6.07, 6.45) is 1.71. The minimum absolute atomic E-state index is 0.0720. The van der Waals surface area contributed by atoms with Gasteiger partial charge in [-0.1, -0.05) is 17.7 Å². The van der Waals surface area contributed by atoms with Crippen molar-refractivity contribution < 1.29 is 9.90 Å². The summed E-state index contributed by atoms with van der Waals surface area (Å²) in [6, 6.07) is 13.6. The van der Waals surface area contributed by atoms with Crippen LogP contribution in [0.3, 0.4) is 0 Å². The monoisotopic (exact) mass is 315 g/mol. The predicted octanol–water partition coefficient (Wildman–Crippen LogP) is 4.40. The second kappa shape index (κ2) is 5.68. The molecule has 1 N–H and O–H groups in total. The number of aromatic nitrogens is 1. The molecule has 1 aromatic carbocycles. The molecule has 0 aliphatic rings. The van der Waals surface area contributed by atoms with Gasteiger partial charge in [0.1, 0.15) is 5.75 Å². The molecule has 0 amide bonds. The number of hydrogen-bond acceptors (Lipinski definition) is 4. The summed E-state index contributed by atoms with van der Waals surface area (Å²) in [6.45, 7) is 0. The van der Waals surface area contributed by atoms with E-state index in [1.807, 2.05) is 24.3 Å². The van der Waals surface area contributed by atoms with Crippen molar-refractivity contribution in [3.8, 4) is 16.3 Å². The van der Waals surface area contributed by atoms with Crippen LogP contribution in [0.25, 0.3) is 10.6 Å². The summed E-state index contributed by atoms with van der Waals surface area (Å²) in [5.41, 5.74) is 1.02. The zero-order chi connectivity index (χ0) is 14.8. The van der Waals surface area contributed by atoms with Gasteiger partial charge in [0.2, 0.25) is 5.78 Å². The van der Waals surface area contributed by atoms with Crippen LogP contribution in [-0.4, -0.2) is 15.9 Å². The number of thiophene rings is 1. The molecular weight excluding hydrogens is 306 g/mol. The van der Waals surface area contributed by atoms with Crippen LogP contribution in [0.5, 0.6) is 5.75 Å². The van der Waals surface area contributed by atoms with Gasteiger partial charge >= 0.3 is 0 Å². The van der Waals surface area contributed by atoms with E-state index in [9.17, 15) is 9.90 Å². The number of aromatic hydroxyl groups is 1. The van der Waals surface area contributed by atoms with E-state index in [4.69, 9.17) is 11.6 Å².